The molecule has 0 radical (unpaired) electrons. The van der Waals surface area contributed by atoms with Crippen molar-refractivity contribution in [1.29, 1.82) is 0 Å². The Hall–Kier alpha value is -3.54. The number of amides is 1. The third-order valence-electron chi connectivity index (χ3n) is 4.74. The van der Waals surface area contributed by atoms with Crippen LogP contribution < -0.4 is 24.2 Å². The van der Waals surface area contributed by atoms with Gasteiger partial charge in [-0.25, -0.2) is 13.1 Å². The van der Waals surface area contributed by atoms with E-state index in [2.05, 4.69) is 10.0 Å². The number of sulfonamides is 1. The molecule has 0 aliphatic heterocycles. The highest BCUT2D eigenvalue weighted by Gasteiger charge is 2.17. The van der Waals surface area contributed by atoms with Crippen LogP contribution in [0.5, 0.6) is 17.2 Å². The van der Waals surface area contributed by atoms with Gasteiger partial charge in [0.15, 0.2) is 11.5 Å². The molecule has 1 amide bonds. The predicted molar refractivity (Wildman–Crippen MR) is 123 cm³/mol. The van der Waals surface area contributed by atoms with E-state index in [0.717, 1.165) is 0 Å². The molecule has 3 rings (SSSR count). The van der Waals surface area contributed by atoms with Crippen LogP contribution in [0.3, 0.4) is 0 Å². The van der Waals surface area contributed by atoms with Crippen molar-refractivity contribution in [2.75, 3.05) is 27.4 Å². The maximum atomic E-state index is 12.4. The number of aliphatic hydroxyl groups excluding tert-OH is 1. The zero-order valence-electron chi connectivity index (χ0n) is 18.7. The van der Waals surface area contributed by atoms with Gasteiger partial charge in [0.05, 0.1) is 31.9 Å². The minimum atomic E-state index is -3.77. The maximum Gasteiger partial charge on any atom is 0.251 e. The molecule has 3 aromatic rings. The van der Waals surface area contributed by atoms with E-state index in [4.69, 9.17) is 18.6 Å². The highest BCUT2D eigenvalue weighted by atomic mass is 32.2. The van der Waals surface area contributed by atoms with Crippen LogP contribution in [0.15, 0.2) is 70.2 Å². The smallest absolute Gasteiger partial charge is 0.251 e. The van der Waals surface area contributed by atoms with E-state index in [1.54, 1.807) is 30.3 Å². The van der Waals surface area contributed by atoms with Gasteiger partial charge in [0.2, 0.25) is 15.8 Å². The van der Waals surface area contributed by atoms with Gasteiger partial charge in [-0.2, -0.15) is 0 Å². The number of aliphatic hydroxyl groups is 1. The van der Waals surface area contributed by atoms with Gasteiger partial charge in [-0.05, 0) is 48.5 Å². The lowest BCUT2D eigenvalue weighted by atomic mass is 10.2. The topological polar surface area (TPSA) is 136 Å². The van der Waals surface area contributed by atoms with E-state index < -0.39 is 22.0 Å². The van der Waals surface area contributed by atoms with Crippen molar-refractivity contribution in [1.82, 2.24) is 10.0 Å². The molecule has 0 saturated carbocycles. The highest BCUT2D eigenvalue weighted by Crippen LogP contribution is 2.36. The minimum absolute atomic E-state index is 0.00907. The van der Waals surface area contributed by atoms with E-state index in [-0.39, 0.29) is 30.2 Å². The number of carbonyl (C=O) groups is 1. The number of hydrogen-bond acceptors (Lipinski definition) is 8. The Balaban J connectivity index is 1.51. The number of carbonyl (C=O) groups excluding carboxylic acids is 1. The summed E-state index contributed by atoms with van der Waals surface area (Å²) >= 11 is 0. The molecule has 0 fully saturated rings. The molecule has 2 aromatic carbocycles. The Kier molecular flexibility index (Phi) is 8.52. The fraction of sp³-hybridized carbons (Fsp3) is 0.261. The van der Waals surface area contributed by atoms with Gasteiger partial charge in [-0.1, -0.05) is 6.07 Å². The fourth-order valence-electron chi connectivity index (χ4n) is 2.96. The summed E-state index contributed by atoms with van der Waals surface area (Å²) in [5, 5.41) is 12.8. The summed E-state index contributed by atoms with van der Waals surface area (Å²) < 4.78 is 48.4. The lowest BCUT2D eigenvalue weighted by molar-refractivity contribution is 0.0833. The van der Waals surface area contributed by atoms with Crippen LogP contribution in [-0.2, 0) is 16.6 Å². The monoisotopic (exact) mass is 490 g/mol. The van der Waals surface area contributed by atoms with Gasteiger partial charge >= 0.3 is 0 Å². The third kappa shape index (κ3) is 6.50. The molecule has 0 saturated heterocycles. The largest absolute Gasteiger partial charge is 0.493 e. The average Bonchev–Trinajstić information content (AvgIpc) is 3.38. The molecule has 3 N–H and O–H groups in total. The number of rotatable bonds is 12. The molecule has 10 nitrogen and oxygen atoms in total. The molecule has 1 aromatic heterocycles. The van der Waals surface area contributed by atoms with Crippen molar-refractivity contribution >= 4 is 15.9 Å². The fourth-order valence-corrected chi connectivity index (χ4v) is 3.95. The SMILES string of the molecule is COc1cccc(OC)c1OCC(O)CNC(=O)c1ccc(S(=O)(=O)NCc2ccco2)cc1. The number of para-hydroxylation sites is 1. The number of ether oxygens (including phenoxy) is 3. The summed E-state index contributed by atoms with van der Waals surface area (Å²) in [6.45, 7) is -0.186. The van der Waals surface area contributed by atoms with Crippen LogP contribution in [-0.4, -0.2) is 52.9 Å². The number of nitrogens with one attached hydrogen (secondary N) is 2. The first-order valence-electron chi connectivity index (χ1n) is 10.3. The van der Waals surface area contributed by atoms with Crippen LogP contribution in [0.25, 0.3) is 0 Å². The number of furan rings is 1. The molecule has 1 atom stereocenters. The van der Waals surface area contributed by atoms with Crippen LogP contribution in [0.4, 0.5) is 0 Å². The Morgan fingerprint density at radius 3 is 2.29 bits per heavy atom. The molecule has 34 heavy (non-hydrogen) atoms. The van der Waals surface area contributed by atoms with Crippen molar-refractivity contribution in [3.05, 3.63) is 72.2 Å². The lowest BCUT2D eigenvalue weighted by Gasteiger charge is -2.17. The average molecular weight is 491 g/mol. The Morgan fingerprint density at radius 2 is 1.71 bits per heavy atom. The van der Waals surface area contributed by atoms with E-state index in [1.807, 2.05) is 0 Å². The van der Waals surface area contributed by atoms with E-state index in [1.165, 1.54) is 44.7 Å². The second-order valence-electron chi connectivity index (χ2n) is 7.09. The summed E-state index contributed by atoms with van der Waals surface area (Å²) in [6.07, 6.45) is 0.444. The van der Waals surface area contributed by atoms with Crippen molar-refractivity contribution < 1.29 is 36.9 Å². The maximum absolute atomic E-state index is 12.4. The minimum Gasteiger partial charge on any atom is -0.493 e. The molecule has 0 aliphatic carbocycles. The quantitative estimate of drug-likeness (QED) is 0.350. The Bertz CT molecular complexity index is 1160. The van der Waals surface area contributed by atoms with Crippen LogP contribution in [0.2, 0.25) is 0 Å². The van der Waals surface area contributed by atoms with Crippen LogP contribution in [0, 0.1) is 0 Å². The first-order chi connectivity index (χ1) is 16.3. The molecule has 0 bridgehead atoms. The highest BCUT2D eigenvalue weighted by molar-refractivity contribution is 7.89. The first-order valence-corrected chi connectivity index (χ1v) is 11.7. The van der Waals surface area contributed by atoms with Crippen molar-refractivity contribution in [2.24, 2.45) is 0 Å². The predicted octanol–water partition coefficient (Wildman–Crippen LogP) is 1.94. The van der Waals surface area contributed by atoms with Gasteiger partial charge in [-0.3, -0.25) is 4.79 Å². The molecular formula is C23H26N2O8S. The number of hydrogen-bond donors (Lipinski definition) is 3. The van der Waals surface area contributed by atoms with Gasteiger partial charge in [0.1, 0.15) is 18.5 Å². The summed E-state index contributed by atoms with van der Waals surface area (Å²) in [6, 6.07) is 13.9. The molecule has 1 heterocycles. The molecule has 1 unspecified atom stereocenters. The summed E-state index contributed by atoms with van der Waals surface area (Å²) in [4.78, 5) is 12.4. The van der Waals surface area contributed by atoms with Crippen molar-refractivity contribution in [2.45, 2.75) is 17.5 Å². The molecular weight excluding hydrogens is 464 g/mol. The van der Waals surface area contributed by atoms with Gasteiger partial charge < -0.3 is 29.1 Å². The molecule has 11 heteroatoms. The van der Waals surface area contributed by atoms with Gasteiger partial charge in [0, 0.05) is 12.1 Å². The second-order valence-corrected chi connectivity index (χ2v) is 8.86. The normalized spacial score (nSPS) is 12.1. The number of benzene rings is 2. The lowest BCUT2D eigenvalue weighted by Crippen LogP contribution is -2.35. The van der Waals surface area contributed by atoms with E-state index >= 15 is 0 Å². The summed E-state index contributed by atoms with van der Waals surface area (Å²) in [5.74, 6) is 1.25. The molecule has 0 spiro atoms. The zero-order valence-corrected chi connectivity index (χ0v) is 19.5. The third-order valence-corrected chi connectivity index (χ3v) is 6.16. The van der Waals surface area contributed by atoms with Crippen LogP contribution in [0.1, 0.15) is 16.1 Å². The Labute approximate surface area is 197 Å². The zero-order chi connectivity index (χ0) is 24.6. The molecule has 0 aliphatic rings. The molecule has 182 valence electrons. The second kappa shape index (κ2) is 11.5. The van der Waals surface area contributed by atoms with Crippen molar-refractivity contribution in [3.63, 3.8) is 0 Å². The first kappa shape index (κ1) is 25.1. The standard InChI is InChI=1S/C23H26N2O8S/c1-30-20-6-3-7-21(31-2)22(20)33-15-17(26)13-24-23(27)16-8-10-19(11-9-16)34(28,29)25-14-18-5-4-12-32-18/h3-12,17,25-26H,13-15H2,1-2H3,(H,24,27). The van der Waals surface area contributed by atoms with Gasteiger partial charge in [0.25, 0.3) is 5.91 Å². The van der Waals surface area contributed by atoms with E-state index in [0.29, 0.717) is 23.0 Å². The van der Waals surface area contributed by atoms with E-state index in [9.17, 15) is 18.3 Å². The van der Waals surface area contributed by atoms with Crippen LogP contribution >= 0.6 is 0 Å². The van der Waals surface area contributed by atoms with Crippen molar-refractivity contribution in [3.8, 4) is 17.2 Å². The summed E-state index contributed by atoms with van der Waals surface area (Å²) in [5.41, 5.74) is 0.240. The van der Waals surface area contributed by atoms with Gasteiger partial charge in [-0.15, -0.1) is 0 Å². The Morgan fingerprint density at radius 1 is 1.03 bits per heavy atom. The number of methoxy groups -OCH3 is 2. The summed E-state index contributed by atoms with van der Waals surface area (Å²) in [7, 11) is -0.788.